The molecule has 0 aliphatic carbocycles. The first-order chi connectivity index (χ1) is 9.69. The van der Waals surface area contributed by atoms with Crippen LogP contribution in [-0.2, 0) is 0 Å². The molecule has 1 aromatic rings. The molecule has 0 bridgehead atoms. The lowest BCUT2D eigenvalue weighted by Crippen LogP contribution is -2.52. The Labute approximate surface area is 119 Å². The molecule has 1 saturated heterocycles. The number of nitrogens with one attached hydrogen (secondary N) is 2. The molecule has 1 fully saturated rings. The summed E-state index contributed by atoms with van der Waals surface area (Å²) in [5, 5.41) is 13.0. The molecule has 1 aromatic heterocycles. The fourth-order valence-corrected chi connectivity index (χ4v) is 1.92. The predicted molar refractivity (Wildman–Crippen MR) is 77.3 cm³/mol. The molecule has 20 heavy (non-hydrogen) atoms. The van der Waals surface area contributed by atoms with E-state index in [1.807, 2.05) is 5.01 Å². The predicted octanol–water partition coefficient (Wildman–Crippen LogP) is 0.191. The summed E-state index contributed by atoms with van der Waals surface area (Å²) in [6, 6.07) is 3.47. The Balaban J connectivity index is 1.85. The smallest absolute Gasteiger partial charge is 0.286 e. The lowest BCUT2D eigenvalue weighted by atomic mass is 10.3. The number of hydrogen-bond acceptors (Lipinski definition) is 6. The third kappa shape index (κ3) is 4.14. The summed E-state index contributed by atoms with van der Waals surface area (Å²) < 4.78 is 0. The molecule has 110 valence electrons. The zero-order chi connectivity index (χ0) is 14.4. The molecule has 0 aromatic carbocycles. The van der Waals surface area contributed by atoms with Crippen molar-refractivity contribution in [2.45, 2.75) is 13.3 Å². The van der Waals surface area contributed by atoms with Gasteiger partial charge < -0.3 is 10.2 Å². The van der Waals surface area contributed by atoms with Crippen LogP contribution in [0.3, 0.4) is 0 Å². The first-order valence-corrected chi connectivity index (χ1v) is 7.01. The first-order valence-electron chi connectivity index (χ1n) is 7.01. The van der Waals surface area contributed by atoms with Crippen molar-refractivity contribution in [1.82, 2.24) is 25.5 Å². The van der Waals surface area contributed by atoms with Gasteiger partial charge in [0.25, 0.3) is 5.91 Å². The molecule has 0 saturated carbocycles. The minimum Gasteiger partial charge on any atom is -0.369 e. The Bertz CT molecular complexity index is 427. The minimum absolute atomic E-state index is 0.205. The highest BCUT2D eigenvalue weighted by Crippen LogP contribution is 2.03. The van der Waals surface area contributed by atoms with Gasteiger partial charge in [-0.25, -0.2) is 5.01 Å². The molecule has 0 atom stereocenters. The number of carbonyl (C=O) groups is 1. The van der Waals surface area contributed by atoms with E-state index in [9.17, 15) is 4.79 Å². The van der Waals surface area contributed by atoms with E-state index in [0.717, 1.165) is 39.1 Å². The topological polar surface area (TPSA) is 73.4 Å². The van der Waals surface area contributed by atoms with Gasteiger partial charge in [0.1, 0.15) is 5.82 Å². The molecule has 7 heteroatoms. The summed E-state index contributed by atoms with van der Waals surface area (Å²) >= 11 is 0. The monoisotopic (exact) mass is 278 g/mol. The molecule has 0 unspecified atom stereocenters. The summed E-state index contributed by atoms with van der Waals surface area (Å²) in [5.74, 6) is 0.493. The Morgan fingerprint density at radius 2 is 2.00 bits per heavy atom. The summed E-state index contributed by atoms with van der Waals surface area (Å²) in [7, 11) is 2.08. The van der Waals surface area contributed by atoms with Gasteiger partial charge in [-0.15, -0.1) is 10.2 Å². The number of anilines is 1. The van der Waals surface area contributed by atoms with Crippen molar-refractivity contribution in [2.75, 3.05) is 45.1 Å². The van der Waals surface area contributed by atoms with Crippen molar-refractivity contribution in [3.05, 3.63) is 17.8 Å². The van der Waals surface area contributed by atoms with Gasteiger partial charge >= 0.3 is 0 Å². The van der Waals surface area contributed by atoms with Crippen molar-refractivity contribution in [3.63, 3.8) is 0 Å². The molecular weight excluding hydrogens is 256 g/mol. The van der Waals surface area contributed by atoms with E-state index >= 15 is 0 Å². The van der Waals surface area contributed by atoms with Crippen LogP contribution in [0.1, 0.15) is 23.8 Å². The van der Waals surface area contributed by atoms with Crippen molar-refractivity contribution >= 4 is 11.7 Å². The molecule has 0 radical (unpaired) electrons. The molecule has 1 amide bonds. The van der Waals surface area contributed by atoms with Crippen molar-refractivity contribution in [2.24, 2.45) is 0 Å². The molecule has 2 heterocycles. The van der Waals surface area contributed by atoms with E-state index in [-0.39, 0.29) is 5.91 Å². The largest absolute Gasteiger partial charge is 0.369 e. The lowest BCUT2D eigenvalue weighted by molar-refractivity contribution is 0.0657. The number of amides is 1. The maximum Gasteiger partial charge on any atom is 0.286 e. The van der Waals surface area contributed by atoms with Crippen LogP contribution in [0.4, 0.5) is 5.82 Å². The van der Waals surface area contributed by atoms with Crippen molar-refractivity contribution < 1.29 is 4.79 Å². The molecule has 7 nitrogen and oxygen atoms in total. The highest BCUT2D eigenvalue weighted by Gasteiger charge is 2.17. The number of nitrogens with zero attached hydrogens (tertiary/aromatic N) is 4. The van der Waals surface area contributed by atoms with Gasteiger partial charge in [0.05, 0.1) is 0 Å². The number of rotatable bonds is 5. The van der Waals surface area contributed by atoms with Gasteiger partial charge in [-0.05, 0) is 25.6 Å². The van der Waals surface area contributed by atoms with Crippen LogP contribution in [0.15, 0.2) is 12.1 Å². The Morgan fingerprint density at radius 3 is 2.60 bits per heavy atom. The summed E-state index contributed by atoms with van der Waals surface area (Å²) in [6.45, 7) is 6.48. The average molecular weight is 278 g/mol. The van der Waals surface area contributed by atoms with Gasteiger partial charge in [0.2, 0.25) is 0 Å². The molecule has 2 rings (SSSR count). The molecule has 1 aliphatic heterocycles. The maximum atomic E-state index is 12.0. The van der Waals surface area contributed by atoms with Crippen molar-refractivity contribution in [3.8, 4) is 0 Å². The summed E-state index contributed by atoms with van der Waals surface area (Å²) in [4.78, 5) is 14.3. The number of aromatic nitrogens is 2. The highest BCUT2D eigenvalue weighted by atomic mass is 16.2. The fraction of sp³-hybridized carbons (Fsp3) is 0.615. The van der Waals surface area contributed by atoms with Gasteiger partial charge in [0, 0.05) is 32.7 Å². The second-order valence-corrected chi connectivity index (χ2v) is 4.96. The number of hydrogen-bond donors (Lipinski definition) is 2. The SMILES string of the molecule is CCCNc1ccc(C(=O)NN2CCN(C)CC2)nn1. The lowest BCUT2D eigenvalue weighted by Gasteiger charge is -2.32. The Hall–Kier alpha value is -1.73. The van der Waals surface area contributed by atoms with Crippen molar-refractivity contribution in [1.29, 1.82) is 0 Å². The Morgan fingerprint density at radius 1 is 1.25 bits per heavy atom. The minimum atomic E-state index is -0.205. The van der Waals surface area contributed by atoms with Gasteiger partial charge in [-0.1, -0.05) is 6.92 Å². The zero-order valence-corrected chi connectivity index (χ0v) is 12.1. The van der Waals surface area contributed by atoms with Gasteiger partial charge in [0.15, 0.2) is 5.69 Å². The second kappa shape index (κ2) is 7.16. The van der Waals surface area contributed by atoms with Crippen LogP contribution < -0.4 is 10.7 Å². The van der Waals surface area contributed by atoms with Crippen LogP contribution in [0, 0.1) is 0 Å². The molecule has 0 spiro atoms. The quantitative estimate of drug-likeness (QED) is 0.801. The average Bonchev–Trinajstić information content (AvgIpc) is 2.48. The second-order valence-electron chi connectivity index (χ2n) is 4.96. The summed E-state index contributed by atoms with van der Waals surface area (Å²) in [5.41, 5.74) is 3.20. The van der Waals surface area contributed by atoms with Crippen LogP contribution in [-0.4, -0.2) is 65.8 Å². The number of hydrazine groups is 1. The Kier molecular flexibility index (Phi) is 5.25. The van der Waals surface area contributed by atoms with Crippen LogP contribution in [0.5, 0.6) is 0 Å². The van der Waals surface area contributed by atoms with Crippen LogP contribution in [0.2, 0.25) is 0 Å². The van der Waals surface area contributed by atoms with E-state index in [0.29, 0.717) is 11.5 Å². The highest BCUT2D eigenvalue weighted by molar-refractivity contribution is 5.91. The third-order valence-corrected chi connectivity index (χ3v) is 3.22. The standard InChI is InChI=1S/C13H22N6O/c1-3-6-14-12-5-4-11(15-16-12)13(20)17-19-9-7-18(2)8-10-19/h4-5H,3,6-10H2,1-2H3,(H,14,16)(H,17,20). The van der Waals surface area contributed by atoms with E-state index in [1.54, 1.807) is 12.1 Å². The van der Waals surface area contributed by atoms with Crippen LogP contribution in [0.25, 0.3) is 0 Å². The molecule has 1 aliphatic rings. The fourth-order valence-electron chi connectivity index (χ4n) is 1.92. The third-order valence-electron chi connectivity index (χ3n) is 3.22. The van der Waals surface area contributed by atoms with Crippen LogP contribution >= 0.6 is 0 Å². The number of carbonyl (C=O) groups excluding carboxylic acids is 1. The van der Waals surface area contributed by atoms with E-state index in [2.05, 4.69) is 39.8 Å². The zero-order valence-electron chi connectivity index (χ0n) is 12.1. The van der Waals surface area contributed by atoms with E-state index in [4.69, 9.17) is 0 Å². The number of likely N-dealkylation sites (N-methyl/N-ethyl adjacent to an activating group) is 1. The van der Waals surface area contributed by atoms with Gasteiger partial charge in [-0.3, -0.25) is 10.2 Å². The number of piperazine rings is 1. The maximum absolute atomic E-state index is 12.0. The summed E-state index contributed by atoms with van der Waals surface area (Å²) in [6.07, 6.45) is 1.02. The first kappa shape index (κ1) is 14.7. The van der Waals surface area contributed by atoms with Gasteiger partial charge in [-0.2, -0.15) is 0 Å². The van der Waals surface area contributed by atoms with E-state index < -0.39 is 0 Å². The van der Waals surface area contributed by atoms with E-state index in [1.165, 1.54) is 0 Å². The molecule has 2 N–H and O–H groups in total. The normalized spacial score (nSPS) is 16.9. The molecular formula is C13H22N6O.